The van der Waals surface area contributed by atoms with Crippen molar-refractivity contribution in [1.82, 2.24) is 4.57 Å². The molecule has 0 spiro atoms. The van der Waals surface area contributed by atoms with Crippen molar-refractivity contribution in [2.75, 3.05) is 5.75 Å². The maximum atomic E-state index is 5.26. The summed E-state index contributed by atoms with van der Waals surface area (Å²) in [5, 5.41) is 7.45. The number of nitrogens with two attached hydrogens (primary N) is 2. The molecule has 2 heterocycles. The van der Waals surface area contributed by atoms with Crippen LogP contribution in [0.3, 0.4) is 0 Å². The molecular formula is C20H25N6S+. The van der Waals surface area contributed by atoms with Gasteiger partial charge in [-0.2, -0.15) is 5.10 Å². The van der Waals surface area contributed by atoms with Crippen molar-refractivity contribution in [2.45, 2.75) is 24.7 Å². The quantitative estimate of drug-likeness (QED) is 0.165. The molecule has 2 aromatic heterocycles. The van der Waals surface area contributed by atoms with Crippen LogP contribution in [0.1, 0.15) is 25.3 Å². The fourth-order valence-corrected chi connectivity index (χ4v) is 3.83. The van der Waals surface area contributed by atoms with Gasteiger partial charge in [0.2, 0.25) is 5.96 Å². The summed E-state index contributed by atoms with van der Waals surface area (Å²) in [5.41, 5.74) is 14.9. The van der Waals surface area contributed by atoms with E-state index < -0.39 is 0 Å². The van der Waals surface area contributed by atoms with Crippen molar-refractivity contribution < 1.29 is 4.40 Å². The third-order valence-corrected chi connectivity index (χ3v) is 5.31. The molecule has 0 bridgehead atoms. The Balaban J connectivity index is 1.84. The molecule has 3 aromatic rings. The number of imidazole rings is 1. The molecule has 0 fully saturated rings. The normalized spacial score (nSPS) is 11.3. The topological polar surface area (TPSA) is 85.8 Å². The van der Waals surface area contributed by atoms with Gasteiger partial charge in [0.15, 0.2) is 5.69 Å². The van der Waals surface area contributed by atoms with E-state index in [1.807, 2.05) is 23.9 Å². The first-order chi connectivity index (χ1) is 13.1. The second-order valence-corrected chi connectivity index (χ2v) is 7.47. The Morgan fingerprint density at radius 1 is 1.15 bits per heavy atom. The molecule has 4 N–H and O–H groups in total. The number of aryl methyl sites for hydroxylation is 1. The second-order valence-electron chi connectivity index (χ2n) is 6.30. The number of fused-ring (bicyclic) bond motifs is 1. The molecule has 0 aliphatic rings. The Labute approximate surface area is 163 Å². The average Bonchev–Trinajstić information content (AvgIpc) is 2.98. The van der Waals surface area contributed by atoms with Crippen LogP contribution in [0.25, 0.3) is 16.9 Å². The highest BCUT2D eigenvalue weighted by atomic mass is 32.2. The highest BCUT2D eigenvalue weighted by Gasteiger charge is 2.16. The molecule has 0 radical (unpaired) electrons. The summed E-state index contributed by atoms with van der Waals surface area (Å²) in [7, 11) is 2.09. The minimum Gasteiger partial charge on any atom is -0.369 e. The lowest BCUT2D eigenvalue weighted by atomic mass is 10.1. The Morgan fingerprint density at radius 2 is 1.93 bits per heavy atom. The van der Waals surface area contributed by atoms with E-state index in [2.05, 4.69) is 69.8 Å². The molecule has 0 atom stereocenters. The number of pyridine rings is 1. The Kier molecular flexibility index (Phi) is 6.13. The number of hydrogen-bond donors (Lipinski definition) is 2. The highest BCUT2D eigenvalue weighted by Crippen LogP contribution is 2.22. The van der Waals surface area contributed by atoms with Gasteiger partial charge in [-0.3, -0.25) is 0 Å². The van der Waals surface area contributed by atoms with Crippen LogP contribution in [0, 0.1) is 0 Å². The van der Waals surface area contributed by atoms with E-state index in [9.17, 15) is 0 Å². The maximum Gasteiger partial charge on any atom is 0.286 e. The summed E-state index contributed by atoms with van der Waals surface area (Å²) >= 11 is 1.91. The van der Waals surface area contributed by atoms with Gasteiger partial charge in [0.05, 0.1) is 13.3 Å². The van der Waals surface area contributed by atoms with Crippen LogP contribution in [0.4, 0.5) is 0 Å². The van der Waals surface area contributed by atoms with Gasteiger partial charge in [-0.25, -0.2) is 8.97 Å². The molecule has 140 valence electrons. The van der Waals surface area contributed by atoms with E-state index in [1.165, 1.54) is 17.7 Å². The van der Waals surface area contributed by atoms with Gasteiger partial charge in [-0.1, -0.05) is 25.5 Å². The summed E-state index contributed by atoms with van der Waals surface area (Å²) in [4.78, 5) is 1.30. The molecule has 0 saturated heterocycles. The van der Waals surface area contributed by atoms with Crippen molar-refractivity contribution in [3.63, 3.8) is 0 Å². The molecule has 6 nitrogen and oxygen atoms in total. The standard InChI is InChI=1S/C20H25N6S/c1-3-4-11-27-17-9-10-19-25(2)18(14-26(19)13-17)16-7-5-15(6-8-16)12-23-24-20(21)22/h5-10,12-14H,3-4,11H2,1-2H3,(H4,21,22,24)/q+1/b23-12+. The smallest absolute Gasteiger partial charge is 0.286 e. The van der Waals surface area contributed by atoms with Gasteiger partial charge < -0.3 is 11.5 Å². The maximum absolute atomic E-state index is 5.26. The van der Waals surface area contributed by atoms with Crippen molar-refractivity contribution in [1.29, 1.82) is 0 Å². The van der Waals surface area contributed by atoms with Crippen molar-refractivity contribution in [3.05, 3.63) is 54.4 Å². The largest absolute Gasteiger partial charge is 0.369 e. The molecule has 0 unspecified atom stereocenters. The SMILES string of the molecule is CCCCSc1ccc2n(C)c(-c3ccc(/C=N/N=C(N)N)cc3)c[n+]2c1. The molecule has 1 aromatic carbocycles. The summed E-state index contributed by atoms with van der Waals surface area (Å²) < 4.78 is 4.39. The molecule has 0 aliphatic heterocycles. The fourth-order valence-electron chi connectivity index (χ4n) is 2.81. The summed E-state index contributed by atoms with van der Waals surface area (Å²) in [6.45, 7) is 2.22. The lowest BCUT2D eigenvalue weighted by Crippen LogP contribution is -2.21. The van der Waals surface area contributed by atoms with E-state index in [0.29, 0.717) is 0 Å². The van der Waals surface area contributed by atoms with Crippen LogP contribution in [0.2, 0.25) is 0 Å². The minimum atomic E-state index is -0.0531. The average molecular weight is 382 g/mol. The minimum absolute atomic E-state index is 0.0531. The fraction of sp³-hybridized carbons (Fsp3) is 0.250. The predicted molar refractivity (Wildman–Crippen MR) is 113 cm³/mol. The zero-order valence-corrected chi connectivity index (χ0v) is 16.5. The number of guanidine groups is 1. The third-order valence-electron chi connectivity index (χ3n) is 4.25. The van der Waals surface area contributed by atoms with Crippen LogP contribution < -0.4 is 15.9 Å². The van der Waals surface area contributed by atoms with Gasteiger partial charge in [-0.05, 0) is 35.9 Å². The summed E-state index contributed by atoms with van der Waals surface area (Å²) in [5.74, 6) is 1.10. The van der Waals surface area contributed by atoms with Crippen LogP contribution in [-0.4, -0.2) is 22.5 Å². The van der Waals surface area contributed by atoms with Gasteiger partial charge in [0.1, 0.15) is 12.4 Å². The highest BCUT2D eigenvalue weighted by molar-refractivity contribution is 7.99. The van der Waals surface area contributed by atoms with Gasteiger partial charge in [0, 0.05) is 16.5 Å². The van der Waals surface area contributed by atoms with Gasteiger partial charge >= 0.3 is 0 Å². The zero-order chi connectivity index (χ0) is 19.2. The number of hydrogen-bond acceptors (Lipinski definition) is 3. The number of thioether (sulfide) groups is 1. The van der Waals surface area contributed by atoms with Crippen LogP contribution in [-0.2, 0) is 7.05 Å². The van der Waals surface area contributed by atoms with Gasteiger partial charge in [-0.15, -0.1) is 16.9 Å². The first-order valence-electron chi connectivity index (χ1n) is 8.94. The Bertz CT molecular complexity index is 968. The van der Waals surface area contributed by atoms with E-state index in [-0.39, 0.29) is 5.96 Å². The monoisotopic (exact) mass is 381 g/mol. The Hall–Kier alpha value is -2.80. The Morgan fingerprint density at radius 3 is 2.63 bits per heavy atom. The first-order valence-corrected chi connectivity index (χ1v) is 9.93. The second kappa shape index (κ2) is 8.73. The number of nitrogens with zero attached hydrogens (tertiary/aromatic N) is 4. The molecule has 7 heteroatoms. The van der Waals surface area contributed by atoms with Crippen molar-refractivity contribution in [2.24, 2.45) is 28.7 Å². The predicted octanol–water partition coefficient (Wildman–Crippen LogP) is 2.93. The molecule has 0 aliphatic carbocycles. The summed E-state index contributed by atoms with van der Waals surface area (Å²) in [6.07, 6.45) is 8.47. The van der Waals surface area contributed by atoms with Crippen LogP contribution in [0.5, 0.6) is 0 Å². The van der Waals surface area contributed by atoms with Crippen molar-refractivity contribution >= 4 is 29.6 Å². The zero-order valence-electron chi connectivity index (χ0n) is 15.7. The third kappa shape index (κ3) is 4.68. The lowest BCUT2D eigenvalue weighted by molar-refractivity contribution is -0.512. The number of unbranched alkanes of at least 4 members (excludes halogenated alkanes) is 1. The first kappa shape index (κ1) is 19.0. The van der Waals surface area contributed by atoms with E-state index in [4.69, 9.17) is 11.5 Å². The number of rotatable bonds is 7. The molecule has 0 amide bonds. The molecule has 27 heavy (non-hydrogen) atoms. The number of aromatic nitrogens is 2. The molecule has 0 saturated carbocycles. The molecular weight excluding hydrogens is 356 g/mol. The van der Waals surface area contributed by atoms with Crippen molar-refractivity contribution in [3.8, 4) is 11.3 Å². The van der Waals surface area contributed by atoms with Crippen LogP contribution >= 0.6 is 11.8 Å². The van der Waals surface area contributed by atoms with E-state index >= 15 is 0 Å². The van der Waals surface area contributed by atoms with Crippen LogP contribution in [0.15, 0.2) is 63.9 Å². The lowest BCUT2D eigenvalue weighted by Gasteiger charge is -1.99. The summed E-state index contributed by atoms with van der Waals surface area (Å²) in [6, 6.07) is 12.5. The van der Waals surface area contributed by atoms with Gasteiger partial charge in [0.25, 0.3) is 5.65 Å². The van der Waals surface area contributed by atoms with E-state index in [1.54, 1.807) is 6.21 Å². The van der Waals surface area contributed by atoms with E-state index in [0.717, 1.165) is 28.2 Å². The number of benzene rings is 1. The molecule has 3 rings (SSSR count).